The molecule has 0 saturated heterocycles. The Morgan fingerprint density at radius 3 is 2.75 bits per heavy atom. The summed E-state index contributed by atoms with van der Waals surface area (Å²) in [5.41, 5.74) is 0.183. The number of rotatable bonds is 4. The molecule has 0 spiro atoms. The SMILES string of the molecule is O=C(OCc1ccc(Br)cc1F)c1ccc([N+](=O)[O-])o1. The molecule has 0 radical (unpaired) electrons. The summed E-state index contributed by atoms with van der Waals surface area (Å²) in [6.07, 6.45) is 0. The fourth-order valence-electron chi connectivity index (χ4n) is 1.39. The van der Waals surface area contributed by atoms with Crippen LogP contribution in [0.2, 0.25) is 0 Å². The molecule has 0 fully saturated rings. The number of carbonyl (C=O) groups is 1. The van der Waals surface area contributed by atoms with Crippen LogP contribution in [0.4, 0.5) is 10.3 Å². The van der Waals surface area contributed by atoms with Crippen LogP contribution in [0.1, 0.15) is 16.1 Å². The Balaban J connectivity index is 2.02. The van der Waals surface area contributed by atoms with Crippen LogP contribution in [0.15, 0.2) is 39.2 Å². The lowest BCUT2D eigenvalue weighted by molar-refractivity contribution is -0.402. The van der Waals surface area contributed by atoms with Gasteiger partial charge in [0, 0.05) is 10.0 Å². The van der Waals surface area contributed by atoms with E-state index in [4.69, 9.17) is 4.74 Å². The van der Waals surface area contributed by atoms with E-state index in [2.05, 4.69) is 20.3 Å². The van der Waals surface area contributed by atoms with E-state index in [-0.39, 0.29) is 17.9 Å². The van der Waals surface area contributed by atoms with E-state index in [0.717, 1.165) is 12.1 Å². The number of benzene rings is 1. The van der Waals surface area contributed by atoms with E-state index in [1.165, 1.54) is 12.1 Å². The molecule has 1 aromatic carbocycles. The highest BCUT2D eigenvalue weighted by Gasteiger charge is 2.18. The Bertz CT molecular complexity index is 670. The fourth-order valence-corrected chi connectivity index (χ4v) is 1.72. The van der Waals surface area contributed by atoms with Crippen LogP contribution in [0, 0.1) is 15.9 Å². The van der Waals surface area contributed by atoms with E-state index in [1.54, 1.807) is 6.07 Å². The average Bonchev–Trinajstić information content (AvgIpc) is 2.87. The molecule has 1 heterocycles. The van der Waals surface area contributed by atoms with Gasteiger partial charge in [0.15, 0.2) is 0 Å². The van der Waals surface area contributed by atoms with E-state index < -0.39 is 22.6 Å². The van der Waals surface area contributed by atoms with E-state index in [9.17, 15) is 19.3 Å². The molecule has 0 unspecified atom stereocenters. The second-order valence-corrected chi connectivity index (χ2v) is 4.62. The maximum atomic E-state index is 13.5. The van der Waals surface area contributed by atoms with Gasteiger partial charge in [0.2, 0.25) is 5.76 Å². The zero-order chi connectivity index (χ0) is 14.7. The van der Waals surface area contributed by atoms with Gasteiger partial charge in [-0.05, 0) is 18.2 Å². The predicted molar refractivity (Wildman–Crippen MR) is 68.6 cm³/mol. The molecule has 2 rings (SSSR count). The second kappa shape index (κ2) is 5.83. The minimum absolute atomic E-state index is 0.183. The zero-order valence-corrected chi connectivity index (χ0v) is 11.4. The lowest BCUT2D eigenvalue weighted by atomic mass is 10.2. The van der Waals surface area contributed by atoms with Crippen molar-refractivity contribution in [3.05, 3.63) is 62.1 Å². The number of nitro groups is 1. The molecular formula is C12H7BrFNO5. The maximum absolute atomic E-state index is 13.5. The highest BCUT2D eigenvalue weighted by Crippen LogP contribution is 2.19. The van der Waals surface area contributed by atoms with Crippen molar-refractivity contribution >= 4 is 27.8 Å². The van der Waals surface area contributed by atoms with Gasteiger partial charge in [-0.15, -0.1) is 0 Å². The van der Waals surface area contributed by atoms with Gasteiger partial charge in [-0.25, -0.2) is 9.18 Å². The Morgan fingerprint density at radius 1 is 1.40 bits per heavy atom. The van der Waals surface area contributed by atoms with Crippen LogP contribution in [0.25, 0.3) is 0 Å². The smallest absolute Gasteiger partial charge is 0.433 e. The Hall–Kier alpha value is -2.22. The minimum atomic E-state index is -0.902. The van der Waals surface area contributed by atoms with E-state index in [0.29, 0.717) is 4.47 Å². The summed E-state index contributed by atoms with van der Waals surface area (Å²) in [6.45, 7) is -0.299. The van der Waals surface area contributed by atoms with Crippen molar-refractivity contribution in [3.63, 3.8) is 0 Å². The van der Waals surface area contributed by atoms with Crippen LogP contribution in [0.5, 0.6) is 0 Å². The first kappa shape index (κ1) is 14.2. The number of furan rings is 1. The van der Waals surface area contributed by atoms with Crippen LogP contribution in [-0.4, -0.2) is 10.9 Å². The van der Waals surface area contributed by atoms with Gasteiger partial charge in [0.1, 0.15) is 17.3 Å². The number of halogens is 2. The minimum Gasteiger partial charge on any atom is -0.455 e. The highest BCUT2D eigenvalue weighted by molar-refractivity contribution is 9.10. The van der Waals surface area contributed by atoms with Gasteiger partial charge in [-0.2, -0.15) is 0 Å². The predicted octanol–water partition coefficient (Wildman–Crippen LogP) is 3.45. The van der Waals surface area contributed by atoms with Crippen molar-refractivity contribution in [2.45, 2.75) is 6.61 Å². The van der Waals surface area contributed by atoms with Crippen LogP contribution in [-0.2, 0) is 11.3 Å². The van der Waals surface area contributed by atoms with Crippen molar-refractivity contribution < 1.29 is 23.3 Å². The lowest BCUT2D eigenvalue weighted by Gasteiger charge is -2.04. The fraction of sp³-hybridized carbons (Fsp3) is 0.0833. The molecule has 0 aliphatic heterocycles. The van der Waals surface area contributed by atoms with Crippen molar-refractivity contribution in [2.24, 2.45) is 0 Å². The van der Waals surface area contributed by atoms with Gasteiger partial charge in [-0.3, -0.25) is 10.1 Å². The summed E-state index contributed by atoms with van der Waals surface area (Å²) >= 11 is 3.10. The van der Waals surface area contributed by atoms with Crippen molar-refractivity contribution in [1.29, 1.82) is 0 Å². The van der Waals surface area contributed by atoms with E-state index in [1.807, 2.05) is 0 Å². The molecular weight excluding hydrogens is 337 g/mol. The Kier molecular flexibility index (Phi) is 4.14. The summed E-state index contributed by atoms with van der Waals surface area (Å²) < 4.78 is 23.5. The molecule has 1 aromatic heterocycles. The molecule has 0 aliphatic carbocycles. The Morgan fingerprint density at radius 2 is 2.15 bits per heavy atom. The first-order chi connectivity index (χ1) is 9.47. The van der Waals surface area contributed by atoms with Crippen LogP contribution >= 0.6 is 15.9 Å². The molecule has 0 aliphatic rings. The van der Waals surface area contributed by atoms with Crippen molar-refractivity contribution in [3.8, 4) is 0 Å². The molecule has 8 heteroatoms. The Labute approximate surface area is 120 Å². The standard InChI is InChI=1S/C12H7BrFNO5/c13-8-2-1-7(9(14)5-8)6-19-12(16)10-3-4-11(20-10)15(17)18/h1-5H,6H2. The van der Waals surface area contributed by atoms with Gasteiger partial charge in [0.05, 0.1) is 6.07 Å². The summed E-state index contributed by atoms with van der Waals surface area (Å²) in [4.78, 5) is 21.2. The second-order valence-electron chi connectivity index (χ2n) is 3.71. The first-order valence-corrected chi connectivity index (χ1v) is 6.12. The first-order valence-electron chi connectivity index (χ1n) is 5.32. The number of nitrogens with zero attached hydrogens (tertiary/aromatic N) is 1. The molecule has 0 saturated carbocycles. The van der Waals surface area contributed by atoms with Crippen molar-refractivity contribution in [2.75, 3.05) is 0 Å². The molecule has 0 atom stereocenters. The topological polar surface area (TPSA) is 82.6 Å². The number of esters is 1. The number of hydrogen-bond acceptors (Lipinski definition) is 5. The molecule has 20 heavy (non-hydrogen) atoms. The molecule has 104 valence electrons. The molecule has 0 N–H and O–H groups in total. The lowest BCUT2D eigenvalue weighted by Crippen LogP contribution is -2.05. The third-order valence-corrected chi connectivity index (χ3v) is 2.84. The third kappa shape index (κ3) is 3.21. The molecule has 0 bridgehead atoms. The number of hydrogen-bond donors (Lipinski definition) is 0. The van der Waals surface area contributed by atoms with Crippen LogP contribution < -0.4 is 0 Å². The zero-order valence-electron chi connectivity index (χ0n) is 9.84. The van der Waals surface area contributed by atoms with Gasteiger partial charge >= 0.3 is 11.9 Å². The van der Waals surface area contributed by atoms with Gasteiger partial charge in [0.25, 0.3) is 0 Å². The van der Waals surface area contributed by atoms with Crippen molar-refractivity contribution in [1.82, 2.24) is 0 Å². The van der Waals surface area contributed by atoms with Gasteiger partial charge < -0.3 is 9.15 Å². The van der Waals surface area contributed by atoms with E-state index >= 15 is 0 Å². The normalized spacial score (nSPS) is 10.3. The molecule has 6 nitrogen and oxygen atoms in total. The highest BCUT2D eigenvalue weighted by atomic mass is 79.9. The summed E-state index contributed by atoms with van der Waals surface area (Å²) in [5.74, 6) is -2.31. The molecule has 2 aromatic rings. The quantitative estimate of drug-likeness (QED) is 0.482. The summed E-state index contributed by atoms with van der Waals surface area (Å²) in [5, 5.41) is 10.4. The number of carbonyl (C=O) groups excluding carboxylic acids is 1. The van der Waals surface area contributed by atoms with Gasteiger partial charge in [-0.1, -0.05) is 22.0 Å². The summed E-state index contributed by atoms with van der Waals surface area (Å²) in [7, 11) is 0. The summed E-state index contributed by atoms with van der Waals surface area (Å²) in [6, 6.07) is 6.46. The van der Waals surface area contributed by atoms with Crippen LogP contribution in [0.3, 0.4) is 0 Å². The third-order valence-electron chi connectivity index (χ3n) is 2.35. The molecule has 0 amide bonds. The average molecular weight is 344 g/mol. The largest absolute Gasteiger partial charge is 0.455 e. The maximum Gasteiger partial charge on any atom is 0.433 e. The monoisotopic (exact) mass is 343 g/mol. The number of ether oxygens (including phenoxy) is 1.